The summed E-state index contributed by atoms with van der Waals surface area (Å²) in [6.07, 6.45) is -0.304. The average molecular weight is 303 g/mol. The van der Waals surface area contributed by atoms with Crippen LogP contribution in [-0.4, -0.2) is 47.3 Å². The summed E-state index contributed by atoms with van der Waals surface area (Å²) >= 11 is 0. The summed E-state index contributed by atoms with van der Waals surface area (Å²) in [7, 11) is 0. The van der Waals surface area contributed by atoms with E-state index < -0.39 is 30.7 Å². The number of aliphatic carboxylic acids is 1. The summed E-state index contributed by atoms with van der Waals surface area (Å²) in [4.78, 5) is 23.9. The van der Waals surface area contributed by atoms with Gasteiger partial charge < -0.3 is 14.7 Å². The molecule has 1 fully saturated rings. The fourth-order valence-electron chi connectivity index (χ4n) is 2.11. The van der Waals surface area contributed by atoms with Gasteiger partial charge in [0.05, 0.1) is 6.54 Å². The number of amides is 1. The van der Waals surface area contributed by atoms with Gasteiger partial charge >= 0.3 is 12.6 Å². The van der Waals surface area contributed by atoms with Gasteiger partial charge in [-0.2, -0.15) is 8.78 Å². The molecule has 21 heavy (non-hydrogen) atoms. The first-order valence-electron chi connectivity index (χ1n) is 6.08. The highest BCUT2D eigenvalue weighted by Crippen LogP contribution is 2.27. The van der Waals surface area contributed by atoms with Crippen molar-refractivity contribution in [3.05, 3.63) is 29.8 Å². The summed E-state index contributed by atoms with van der Waals surface area (Å²) in [5, 5.41) is 8.77. The van der Waals surface area contributed by atoms with E-state index in [1.807, 2.05) is 0 Å². The Morgan fingerprint density at radius 2 is 2.10 bits per heavy atom. The molecule has 114 valence electrons. The second-order valence-corrected chi connectivity index (χ2v) is 4.65. The number of likely N-dealkylation sites (tertiary alicyclic amines) is 1. The third-order valence-corrected chi connectivity index (χ3v) is 3.20. The van der Waals surface area contributed by atoms with Gasteiger partial charge in [0.25, 0.3) is 5.91 Å². The van der Waals surface area contributed by atoms with Crippen molar-refractivity contribution < 1.29 is 32.6 Å². The Kier molecular flexibility index (Phi) is 4.06. The van der Waals surface area contributed by atoms with Crippen molar-refractivity contribution in [3.63, 3.8) is 0 Å². The molecular formula is C13H12F3NO4. The topological polar surface area (TPSA) is 66.8 Å². The van der Waals surface area contributed by atoms with E-state index >= 15 is 0 Å². The number of carbonyl (C=O) groups is 2. The molecule has 8 heteroatoms. The highest BCUT2D eigenvalue weighted by atomic mass is 19.3. The van der Waals surface area contributed by atoms with Crippen molar-refractivity contribution in [2.24, 2.45) is 0 Å². The number of nitrogens with zero attached hydrogens (tertiary/aromatic N) is 1. The lowest BCUT2D eigenvalue weighted by molar-refractivity contribution is -0.149. The maximum absolute atomic E-state index is 13.9. The van der Waals surface area contributed by atoms with Gasteiger partial charge in [-0.3, -0.25) is 4.79 Å². The molecule has 1 aliphatic heterocycles. The van der Waals surface area contributed by atoms with Crippen molar-refractivity contribution >= 4 is 11.9 Å². The summed E-state index contributed by atoms with van der Waals surface area (Å²) in [5.74, 6) is -2.44. The summed E-state index contributed by atoms with van der Waals surface area (Å²) in [6.45, 7) is -3.64. The summed E-state index contributed by atoms with van der Waals surface area (Å²) < 4.78 is 42.3. The van der Waals surface area contributed by atoms with Gasteiger partial charge in [0.2, 0.25) is 5.67 Å². The zero-order valence-electron chi connectivity index (χ0n) is 10.8. The zero-order chi connectivity index (χ0) is 15.6. The highest BCUT2D eigenvalue weighted by molar-refractivity contribution is 5.95. The molecule has 0 radical (unpaired) electrons. The SMILES string of the molecule is O=C(c1cccc(OC(F)F)c1)N1CCC(F)(C(=O)O)C1. The molecule has 5 nitrogen and oxygen atoms in total. The van der Waals surface area contributed by atoms with Crippen LogP contribution in [0, 0.1) is 0 Å². The molecule has 0 bridgehead atoms. The lowest BCUT2D eigenvalue weighted by atomic mass is 10.1. The molecule has 1 aliphatic rings. The number of alkyl halides is 3. The Labute approximate surface area is 117 Å². The van der Waals surface area contributed by atoms with Gasteiger partial charge in [0, 0.05) is 18.5 Å². The Morgan fingerprint density at radius 1 is 1.38 bits per heavy atom. The van der Waals surface area contributed by atoms with E-state index in [4.69, 9.17) is 5.11 Å². The van der Waals surface area contributed by atoms with Crippen molar-refractivity contribution in [1.82, 2.24) is 4.90 Å². The monoisotopic (exact) mass is 303 g/mol. The summed E-state index contributed by atoms with van der Waals surface area (Å²) in [5.41, 5.74) is -2.44. The molecule has 1 atom stereocenters. The van der Waals surface area contributed by atoms with Crippen molar-refractivity contribution in [1.29, 1.82) is 0 Å². The minimum atomic E-state index is -3.02. The minimum absolute atomic E-state index is 0.0304. The lowest BCUT2D eigenvalue weighted by Crippen LogP contribution is -2.38. The van der Waals surface area contributed by atoms with Gasteiger partial charge in [-0.15, -0.1) is 0 Å². The van der Waals surface area contributed by atoms with Crippen LogP contribution in [0.5, 0.6) is 5.75 Å². The smallest absolute Gasteiger partial charge is 0.387 e. The first-order chi connectivity index (χ1) is 9.82. The van der Waals surface area contributed by atoms with Crippen LogP contribution in [0.25, 0.3) is 0 Å². The molecule has 0 spiro atoms. The minimum Gasteiger partial charge on any atom is -0.479 e. The van der Waals surface area contributed by atoms with Crippen molar-refractivity contribution in [2.75, 3.05) is 13.1 Å². The van der Waals surface area contributed by atoms with E-state index in [0.29, 0.717) is 0 Å². The number of benzene rings is 1. The number of carbonyl (C=O) groups excluding carboxylic acids is 1. The molecule has 1 amide bonds. The lowest BCUT2D eigenvalue weighted by Gasteiger charge is -2.18. The molecule has 1 heterocycles. The van der Waals surface area contributed by atoms with E-state index in [1.165, 1.54) is 18.2 Å². The molecule has 1 N–H and O–H groups in total. The van der Waals surface area contributed by atoms with Gasteiger partial charge in [-0.1, -0.05) is 6.07 Å². The normalized spacial score (nSPS) is 21.6. The Bertz CT molecular complexity index is 566. The standard InChI is InChI=1S/C13H12F3NO4/c14-12(15)21-9-3-1-2-8(6-9)10(18)17-5-4-13(16,7-17)11(19)20/h1-3,6,12H,4-5,7H2,(H,19,20). The second kappa shape index (κ2) is 5.63. The third kappa shape index (κ3) is 3.26. The number of carboxylic acid groups (broad SMARTS) is 1. The van der Waals surface area contributed by atoms with Gasteiger partial charge in [0.15, 0.2) is 0 Å². The quantitative estimate of drug-likeness (QED) is 0.923. The van der Waals surface area contributed by atoms with E-state index in [0.717, 1.165) is 11.0 Å². The molecule has 1 aromatic rings. The van der Waals surface area contributed by atoms with Crippen LogP contribution in [0.1, 0.15) is 16.8 Å². The number of hydrogen-bond acceptors (Lipinski definition) is 3. The van der Waals surface area contributed by atoms with Crippen LogP contribution < -0.4 is 4.74 Å². The van der Waals surface area contributed by atoms with Crippen LogP contribution in [0.4, 0.5) is 13.2 Å². The van der Waals surface area contributed by atoms with E-state index in [-0.39, 0.29) is 24.3 Å². The maximum atomic E-state index is 13.9. The highest BCUT2D eigenvalue weighted by Gasteiger charge is 2.47. The van der Waals surface area contributed by atoms with Crippen LogP contribution >= 0.6 is 0 Å². The number of ether oxygens (including phenoxy) is 1. The van der Waals surface area contributed by atoms with Gasteiger partial charge in [-0.05, 0) is 18.2 Å². The third-order valence-electron chi connectivity index (χ3n) is 3.20. The molecule has 1 saturated heterocycles. The largest absolute Gasteiger partial charge is 0.479 e. The van der Waals surface area contributed by atoms with Crippen LogP contribution in [0.2, 0.25) is 0 Å². The molecule has 1 aromatic carbocycles. The number of carboxylic acids is 1. The molecule has 0 aromatic heterocycles. The fraction of sp³-hybridized carbons (Fsp3) is 0.385. The molecular weight excluding hydrogens is 291 g/mol. The number of hydrogen-bond donors (Lipinski definition) is 1. The predicted molar refractivity (Wildman–Crippen MR) is 65.1 cm³/mol. The molecule has 2 rings (SSSR count). The first-order valence-corrected chi connectivity index (χ1v) is 6.08. The number of rotatable bonds is 4. The first kappa shape index (κ1) is 15.1. The maximum Gasteiger partial charge on any atom is 0.387 e. The van der Waals surface area contributed by atoms with Crippen molar-refractivity contribution in [3.8, 4) is 5.75 Å². The van der Waals surface area contributed by atoms with E-state index in [2.05, 4.69) is 4.74 Å². The van der Waals surface area contributed by atoms with Gasteiger partial charge in [0.1, 0.15) is 5.75 Å². The van der Waals surface area contributed by atoms with Crippen molar-refractivity contribution in [2.45, 2.75) is 18.7 Å². The van der Waals surface area contributed by atoms with Crippen LogP contribution in [-0.2, 0) is 4.79 Å². The number of halogens is 3. The van der Waals surface area contributed by atoms with Gasteiger partial charge in [-0.25, -0.2) is 9.18 Å². The zero-order valence-corrected chi connectivity index (χ0v) is 10.8. The Balaban J connectivity index is 2.13. The van der Waals surface area contributed by atoms with Crippen LogP contribution in [0.15, 0.2) is 24.3 Å². The second-order valence-electron chi connectivity index (χ2n) is 4.65. The van der Waals surface area contributed by atoms with E-state index in [1.54, 1.807) is 0 Å². The molecule has 0 aliphatic carbocycles. The molecule has 1 unspecified atom stereocenters. The van der Waals surface area contributed by atoms with Crippen LogP contribution in [0.3, 0.4) is 0 Å². The molecule has 0 saturated carbocycles. The predicted octanol–water partition coefficient (Wildman–Crippen LogP) is 1.93. The Hall–Kier alpha value is -2.25. The average Bonchev–Trinajstić information content (AvgIpc) is 2.81. The Morgan fingerprint density at radius 3 is 2.67 bits per heavy atom. The summed E-state index contributed by atoms with van der Waals surface area (Å²) in [6, 6.07) is 5.07. The fourth-order valence-corrected chi connectivity index (χ4v) is 2.11. The van der Waals surface area contributed by atoms with E-state index in [9.17, 15) is 22.8 Å².